The molecule has 0 saturated heterocycles. The van der Waals surface area contributed by atoms with Crippen molar-refractivity contribution in [1.82, 2.24) is 9.88 Å². The van der Waals surface area contributed by atoms with E-state index < -0.39 is 24.4 Å². The molecule has 0 aromatic carbocycles. The predicted molar refractivity (Wildman–Crippen MR) is 73.6 cm³/mol. The fourth-order valence-corrected chi connectivity index (χ4v) is 1.69. The van der Waals surface area contributed by atoms with Gasteiger partial charge in [0, 0.05) is 25.4 Å². The number of amides is 2. The van der Waals surface area contributed by atoms with Crippen LogP contribution in [0, 0.1) is 5.21 Å². The molecule has 0 aliphatic heterocycles. The lowest BCUT2D eigenvalue weighted by Gasteiger charge is -2.06. The zero-order valence-corrected chi connectivity index (χ0v) is 11.7. The van der Waals surface area contributed by atoms with Crippen molar-refractivity contribution in [2.45, 2.75) is 0 Å². The van der Waals surface area contributed by atoms with Gasteiger partial charge in [-0.15, -0.1) is 0 Å². The number of ether oxygens (including phenoxy) is 1. The number of hydrogen-bond acceptors (Lipinski definition) is 5. The Morgan fingerprint density at radius 1 is 1.27 bits per heavy atom. The van der Waals surface area contributed by atoms with E-state index in [9.17, 15) is 19.6 Å². The Bertz CT molecular complexity index is 706. The quantitative estimate of drug-likeness (QED) is 0.477. The molecule has 2 aromatic rings. The summed E-state index contributed by atoms with van der Waals surface area (Å²) in [7, 11) is 1.66. The van der Waals surface area contributed by atoms with Crippen LogP contribution in [0.15, 0.2) is 42.9 Å². The molecule has 0 saturated carbocycles. The first-order chi connectivity index (χ1) is 10.5. The van der Waals surface area contributed by atoms with Gasteiger partial charge in [-0.1, -0.05) is 0 Å². The molecule has 2 amide bonds. The molecule has 0 bridgehead atoms. The van der Waals surface area contributed by atoms with Gasteiger partial charge in [-0.2, -0.15) is 4.73 Å². The van der Waals surface area contributed by atoms with E-state index in [1.807, 2.05) is 0 Å². The zero-order chi connectivity index (χ0) is 16.1. The van der Waals surface area contributed by atoms with E-state index in [1.165, 1.54) is 12.1 Å². The average molecular weight is 303 g/mol. The second-order valence-corrected chi connectivity index (χ2v) is 4.40. The standard InChI is InChI=1S/C14H13N3O5/c1-16-6-2-3-11(16)13(19)15-12(18)9-22-14(20)10-4-7-17(21)8-5-10/h2-8H,9H2,1H3,(H,15,18,19). The molecule has 0 radical (unpaired) electrons. The van der Waals surface area contributed by atoms with Crippen LogP contribution >= 0.6 is 0 Å². The predicted octanol–water partition coefficient (Wildman–Crippen LogP) is -0.228. The Labute approximate surface area is 125 Å². The first-order valence-electron chi connectivity index (χ1n) is 6.29. The Morgan fingerprint density at radius 2 is 1.95 bits per heavy atom. The number of pyridine rings is 1. The van der Waals surface area contributed by atoms with Crippen molar-refractivity contribution in [2.24, 2.45) is 7.05 Å². The summed E-state index contributed by atoms with van der Waals surface area (Å²) in [4.78, 5) is 35.0. The van der Waals surface area contributed by atoms with Gasteiger partial charge in [0.05, 0.1) is 5.56 Å². The normalized spacial score (nSPS) is 10.0. The number of imide groups is 1. The molecular formula is C14H13N3O5. The third kappa shape index (κ3) is 3.69. The van der Waals surface area contributed by atoms with Crippen LogP contribution in [0.1, 0.15) is 20.8 Å². The third-order valence-electron chi connectivity index (χ3n) is 2.80. The van der Waals surface area contributed by atoms with Crippen LogP contribution in [0.5, 0.6) is 0 Å². The highest BCUT2D eigenvalue weighted by Crippen LogP contribution is 2.00. The van der Waals surface area contributed by atoms with Crippen LogP contribution in [0.2, 0.25) is 0 Å². The molecule has 114 valence electrons. The lowest BCUT2D eigenvalue weighted by atomic mass is 10.3. The Morgan fingerprint density at radius 3 is 2.55 bits per heavy atom. The Balaban J connectivity index is 1.85. The topological polar surface area (TPSA) is 104 Å². The maximum absolute atomic E-state index is 11.8. The largest absolute Gasteiger partial charge is 0.619 e. The fourth-order valence-electron chi connectivity index (χ4n) is 1.69. The number of esters is 1. The smallest absolute Gasteiger partial charge is 0.339 e. The minimum absolute atomic E-state index is 0.133. The van der Waals surface area contributed by atoms with Gasteiger partial charge in [0.1, 0.15) is 5.69 Å². The molecule has 0 aliphatic carbocycles. The summed E-state index contributed by atoms with van der Waals surface area (Å²) in [5.41, 5.74) is 0.441. The van der Waals surface area contributed by atoms with Crippen LogP contribution in [-0.2, 0) is 16.6 Å². The van der Waals surface area contributed by atoms with Crippen LogP contribution < -0.4 is 10.0 Å². The van der Waals surface area contributed by atoms with E-state index in [0.29, 0.717) is 10.4 Å². The summed E-state index contributed by atoms with van der Waals surface area (Å²) in [6.45, 7) is -0.596. The van der Waals surface area contributed by atoms with Gasteiger partial charge in [-0.25, -0.2) is 4.79 Å². The minimum Gasteiger partial charge on any atom is -0.619 e. The number of hydrogen-bond donors (Lipinski definition) is 1. The fraction of sp³-hybridized carbons (Fsp3) is 0.143. The van der Waals surface area contributed by atoms with E-state index in [0.717, 1.165) is 12.4 Å². The van der Waals surface area contributed by atoms with Crippen molar-refractivity contribution >= 4 is 17.8 Å². The second-order valence-electron chi connectivity index (χ2n) is 4.40. The van der Waals surface area contributed by atoms with Crippen LogP contribution in [-0.4, -0.2) is 29.0 Å². The highest BCUT2D eigenvalue weighted by atomic mass is 16.5. The molecule has 8 nitrogen and oxygen atoms in total. The van der Waals surface area contributed by atoms with Crippen LogP contribution in [0.3, 0.4) is 0 Å². The van der Waals surface area contributed by atoms with E-state index >= 15 is 0 Å². The van der Waals surface area contributed by atoms with Gasteiger partial charge in [0.2, 0.25) is 0 Å². The Kier molecular flexibility index (Phi) is 4.52. The summed E-state index contributed by atoms with van der Waals surface area (Å²) < 4.78 is 6.83. The SMILES string of the molecule is Cn1cccc1C(=O)NC(=O)COC(=O)c1cc[n+]([O-])cc1. The monoisotopic (exact) mass is 303 g/mol. The number of aromatic nitrogens is 2. The van der Waals surface area contributed by atoms with Gasteiger partial charge in [-0.05, 0) is 12.1 Å². The van der Waals surface area contributed by atoms with E-state index in [-0.39, 0.29) is 5.56 Å². The number of carbonyl (C=O) groups is 3. The van der Waals surface area contributed by atoms with Crippen molar-refractivity contribution < 1.29 is 23.9 Å². The lowest BCUT2D eigenvalue weighted by Crippen LogP contribution is -2.35. The molecule has 0 unspecified atom stereocenters. The molecule has 2 heterocycles. The van der Waals surface area contributed by atoms with Crippen molar-refractivity contribution in [3.8, 4) is 0 Å². The van der Waals surface area contributed by atoms with Crippen molar-refractivity contribution in [3.63, 3.8) is 0 Å². The molecule has 22 heavy (non-hydrogen) atoms. The molecule has 0 aliphatic rings. The van der Waals surface area contributed by atoms with Gasteiger partial charge >= 0.3 is 5.97 Å². The summed E-state index contributed by atoms with van der Waals surface area (Å²) in [6.07, 6.45) is 3.93. The zero-order valence-electron chi connectivity index (χ0n) is 11.7. The van der Waals surface area contributed by atoms with Crippen LogP contribution in [0.4, 0.5) is 0 Å². The third-order valence-corrected chi connectivity index (χ3v) is 2.80. The first kappa shape index (κ1) is 15.2. The number of nitrogens with one attached hydrogen (secondary N) is 1. The maximum atomic E-state index is 11.8. The van der Waals surface area contributed by atoms with Crippen molar-refractivity contribution in [1.29, 1.82) is 0 Å². The molecule has 2 aromatic heterocycles. The highest BCUT2D eigenvalue weighted by molar-refractivity contribution is 6.04. The van der Waals surface area contributed by atoms with Gasteiger partial charge in [0.15, 0.2) is 19.0 Å². The van der Waals surface area contributed by atoms with Crippen LogP contribution in [0.25, 0.3) is 0 Å². The van der Waals surface area contributed by atoms with E-state index in [2.05, 4.69) is 5.32 Å². The molecule has 8 heteroatoms. The van der Waals surface area contributed by atoms with Gasteiger partial charge < -0.3 is 14.5 Å². The van der Waals surface area contributed by atoms with E-state index in [1.54, 1.807) is 29.9 Å². The second kappa shape index (κ2) is 6.53. The van der Waals surface area contributed by atoms with Crippen molar-refractivity contribution in [3.05, 3.63) is 59.3 Å². The van der Waals surface area contributed by atoms with Crippen molar-refractivity contribution in [2.75, 3.05) is 6.61 Å². The maximum Gasteiger partial charge on any atom is 0.339 e. The lowest BCUT2D eigenvalue weighted by molar-refractivity contribution is -0.605. The molecule has 1 N–H and O–H groups in total. The highest BCUT2D eigenvalue weighted by Gasteiger charge is 2.15. The number of aryl methyl sites for hydroxylation is 1. The Hall–Kier alpha value is -3.16. The molecule has 0 spiro atoms. The number of rotatable bonds is 4. The number of carbonyl (C=O) groups excluding carboxylic acids is 3. The summed E-state index contributed by atoms with van der Waals surface area (Å²) in [5.74, 6) is -2.09. The average Bonchev–Trinajstić information content (AvgIpc) is 2.91. The van der Waals surface area contributed by atoms with Gasteiger partial charge in [-0.3, -0.25) is 14.9 Å². The number of nitrogens with zero attached hydrogens (tertiary/aromatic N) is 2. The van der Waals surface area contributed by atoms with E-state index in [4.69, 9.17) is 4.74 Å². The molecule has 0 fully saturated rings. The first-order valence-corrected chi connectivity index (χ1v) is 6.29. The molecule has 0 atom stereocenters. The van der Waals surface area contributed by atoms with Gasteiger partial charge in [0.25, 0.3) is 11.8 Å². The minimum atomic E-state index is -0.762. The molecular weight excluding hydrogens is 290 g/mol. The molecule has 2 rings (SSSR count). The summed E-state index contributed by atoms with van der Waals surface area (Å²) >= 11 is 0. The summed E-state index contributed by atoms with van der Waals surface area (Å²) in [6, 6.07) is 5.75. The summed E-state index contributed by atoms with van der Waals surface area (Å²) in [5, 5.41) is 12.9.